The van der Waals surface area contributed by atoms with Crippen molar-refractivity contribution >= 4 is 17.7 Å². The Morgan fingerprint density at radius 1 is 1.40 bits per heavy atom. The van der Waals surface area contributed by atoms with Crippen molar-refractivity contribution in [3.8, 4) is 0 Å². The number of nitrogens with one attached hydrogen (secondary N) is 1. The molecule has 4 N–H and O–H groups in total. The van der Waals surface area contributed by atoms with Gasteiger partial charge in [-0.2, -0.15) is 0 Å². The van der Waals surface area contributed by atoms with Crippen molar-refractivity contribution in [3.05, 3.63) is 35.8 Å². The lowest BCUT2D eigenvalue weighted by atomic mass is 10.3. The van der Waals surface area contributed by atoms with E-state index in [1.54, 1.807) is 12.1 Å². The van der Waals surface area contributed by atoms with Crippen LogP contribution in [0.1, 0.15) is 16.1 Å². The van der Waals surface area contributed by atoms with Crippen LogP contribution in [0.5, 0.6) is 0 Å². The number of carboxylic acid groups (broad SMARTS) is 1. The highest BCUT2D eigenvalue weighted by Crippen LogP contribution is 2.06. The molecule has 0 unspecified atom stereocenters. The van der Waals surface area contributed by atoms with Gasteiger partial charge in [0.15, 0.2) is 0 Å². The minimum atomic E-state index is -0.988. The lowest BCUT2D eigenvalue weighted by Gasteiger charge is -2.03. The summed E-state index contributed by atoms with van der Waals surface area (Å²) in [7, 11) is 0. The molecule has 0 aliphatic rings. The van der Waals surface area contributed by atoms with Gasteiger partial charge in [-0.15, -0.1) is 5.10 Å². The molecule has 0 fully saturated rings. The average molecular weight is 276 g/mol. The summed E-state index contributed by atoms with van der Waals surface area (Å²) in [6, 6.07) is 3.17. The van der Waals surface area contributed by atoms with E-state index >= 15 is 0 Å². The summed E-state index contributed by atoms with van der Waals surface area (Å²) in [5.41, 5.74) is 6.00. The van der Waals surface area contributed by atoms with Crippen LogP contribution in [0, 0.1) is 0 Å². The fourth-order valence-corrected chi connectivity index (χ4v) is 1.46. The van der Waals surface area contributed by atoms with Crippen LogP contribution in [0.25, 0.3) is 0 Å². The van der Waals surface area contributed by atoms with Crippen LogP contribution >= 0.6 is 0 Å². The molecule has 2 rings (SSSR count). The van der Waals surface area contributed by atoms with E-state index in [0.717, 1.165) is 0 Å². The minimum absolute atomic E-state index is 0.238. The van der Waals surface area contributed by atoms with Gasteiger partial charge in [-0.25, -0.2) is 9.67 Å². The first-order valence-corrected chi connectivity index (χ1v) is 5.65. The largest absolute Gasteiger partial charge is 0.480 e. The van der Waals surface area contributed by atoms with Crippen LogP contribution in [0.3, 0.4) is 0 Å². The quantitative estimate of drug-likeness (QED) is 0.645. The lowest BCUT2D eigenvalue weighted by molar-refractivity contribution is -0.137. The molecule has 2 aromatic rings. The molecule has 20 heavy (non-hydrogen) atoms. The number of carboxylic acids is 1. The summed E-state index contributed by atoms with van der Waals surface area (Å²) in [5.74, 6) is -0.985. The molecule has 0 aliphatic heterocycles. The second-order valence-electron chi connectivity index (χ2n) is 3.95. The maximum Gasteiger partial charge on any atom is 0.325 e. The maximum atomic E-state index is 10.9. The van der Waals surface area contributed by atoms with Crippen LogP contribution in [-0.2, 0) is 17.9 Å². The van der Waals surface area contributed by atoms with Crippen LogP contribution < -0.4 is 11.1 Å². The van der Waals surface area contributed by atoms with Crippen LogP contribution in [-0.4, -0.2) is 37.0 Å². The second kappa shape index (κ2) is 5.78. The number of amides is 1. The number of nitrogens with two attached hydrogens (primary N) is 1. The summed E-state index contributed by atoms with van der Waals surface area (Å²) >= 11 is 0. The molecule has 0 bridgehead atoms. The van der Waals surface area contributed by atoms with E-state index in [-0.39, 0.29) is 6.54 Å². The maximum absolute atomic E-state index is 10.9. The summed E-state index contributed by atoms with van der Waals surface area (Å²) in [4.78, 5) is 25.4. The Hall–Kier alpha value is -2.97. The number of pyridine rings is 1. The van der Waals surface area contributed by atoms with E-state index in [0.29, 0.717) is 23.6 Å². The minimum Gasteiger partial charge on any atom is -0.480 e. The number of carbonyl (C=O) groups is 2. The molecule has 0 spiro atoms. The highest BCUT2D eigenvalue weighted by molar-refractivity contribution is 5.92. The highest BCUT2D eigenvalue weighted by Gasteiger charge is 2.05. The van der Waals surface area contributed by atoms with Gasteiger partial charge < -0.3 is 16.2 Å². The molecule has 0 radical (unpaired) electrons. The van der Waals surface area contributed by atoms with Gasteiger partial charge in [0.05, 0.1) is 18.3 Å². The van der Waals surface area contributed by atoms with Gasteiger partial charge in [-0.05, 0) is 12.1 Å². The molecule has 2 heterocycles. The molecule has 2 aromatic heterocycles. The van der Waals surface area contributed by atoms with E-state index < -0.39 is 11.9 Å². The second-order valence-corrected chi connectivity index (χ2v) is 3.95. The Labute approximate surface area is 113 Å². The SMILES string of the molecule is NC(=O)c1ccc(NCc2cn(CC(=O)O)nn2)nc1. The van der Waals surface area contributed by atoms with Gasteiger partial charge in [-0.3, -0.25) is 9.59 Å². The first-order valence-electron chi connectivity index (χ1n) is 5.65. The van der Waals surface area contributed by atoms with Crippen molar-refractivity contribution in [2.24, 2.45) is 5.73 Å². The normalized spacial score (nSPS) is 10.2. The van der Waals surface area contributed by atoms with Gasteiger partial charge >= 0.3 is 5.97 Å². The number of aliphatic carboxylic acids is 1. The molecular formula is C11H12N6O3. The molecule has 9 nitrogen and oxygen atoms in total. The first kappa shape index (κ1) is 13.5. The third kappa shape index (κ3) is 3.51. The summed E-state index contributed by atoms with van der Waals surface area (Å²) in [6.07, 6.45) is 2.89. The molecular weight excluding hydrogens is 264 g/mol. The van der Waals surface area contributed by atoms with Crippen molar-refractivity contribution < 1.29 is 14.7 Å². The van der Waals surface area contributed by atoms with Crippen molar-refractivity contribution in [1.82, 2.24) is 20.0 Å². The zero-order valence-electron chi connectivity index (χ0n) is 10.4. The highest BCUT2D eigenvalue weighted by atomic mass is 16.4. The van der Waals surface area contributed by atoms with Gasteiger partial charge in [0.2, 0.25) is 5.91 Å². The standard InChI is InChI=1S/C11H12N6O3/c12-11(20)7-1-2-9(13-3-7)14-4-8-5-17(16-15-8)6-10(18)19/h1-3,5H,4,6H2,(H2,12,20)(H,13,14)(H,18,19). The van der Waals surface area contributed by atoms with E-state index in [1.807, 2.05) is 0 Å². The fourth-order valence-electron chi connectivity index (χ4n) is 1.46. The Balaban J connectivity index is 1.93. The number of aromatic nitrogens is 4. The topological polar surface area (TPSA) is 136 Å². The van der Waals surface area contributed by atoms with E-state index in [4.69, 9.17) is 10.8 Å². The summed E-state index contributed by atoms with van der Waals surface area (Å²) in [6.45, 7) is 0.0983. The number of nitrogens with zero attached hydrogens (tertiary/aromatic N) is 4. The molecule has 0 saturated heterocycles. The van der Waals surface area contributed by atoms with Gasteiger partial charge in [0.1, 0.15) is 18.1 Å². The van der Waals surface area contributed by atoms with Crippen LogP contribution in [0.15, 0.2) is 24.5 Å². The molecule has 0 saturated carbocycles. The summed E-state index contributed by atoms with van der Waals surface area (Å²) < 4.78 is 1.23. The number of hydrogen-bond acceptors (Lipinski definition) is 6. The smallest absolute Gasteiger partial charge is 0.325 e. The fraction of sp³-hybridized carbons (Fsp3) is 0.182. The number of anilines is 1. The molecule has 0 atom stereocenters. The van der Waals surface area contributed by atoms with E-state index in [2.05, 4.69) is 20.6 Å². The Morgan fingerprint density at radius 3 is 2.80 bits per heavy atom. The van der Waals surface area contributed by atoms with Crippen molar-refractivity contribution in [1.29, 1.82) is 0 Å². The lowest BCUT2D eigenvalue weighted by Crippen LogP contribution is -2.11. The number of rotatable bonds is 6. The molecule has 0 aliphatic carbocycles. The van der Waals surface area contributed by atoms with Crippen LogP contribution in [0.2, 0.25) is 0 Å². The van der Waals surface area contributed by atoms with Crippen LogP contribution in [0.4, 0.5) is 5.82 Å². The average Bonchev–Trinajstić information content (AvgIpc) is 2.83. The zero-order valence-corrected chi connectivity index (χ0v) is 10.4. The monoisotopic (exact) mass is 276 g/mol. The van der Waals surface area contributed by atoms with Crippen molar-refractivity contribution in [3.63, 3.8) is 0 Å². The molecule has 104 valence electrons. The van der Waals surface area contributed by atoms with Crippen molar-refractivity contribution in [2.45, 2.75) is 13.1 Å². The van der Waals surface area contributed by atoms with E-state index in [9.17, 15) is 9.59 Å². The Morgan fingerprint density at radius 2 is 2.20 bits per heavy atom. The molecule has 0 aromatic carbocycles. The zero-order chi connectivity index (χ0) is 14.5. The predicted molar refractivity (Wildman–Crippen MR) is 67.7 cm³/mol. The first-order chi connectivity index (χ1) is 9.54. The van der Waals surface area contributed by atoms with Gasteiger partial charge in [0, 0.05) is 6.20 Å². The van der Waals surface area contributed by atoms with E-state index in [1.165, 1.54) is 17.1 Å². The Kier molecular flexibility index (Phi) is 3.89. The third-order valence-corrected chi connectivity index (χ3v) is 2.38. The number of hydrogen-bond donors (Lipinski definition) is 3. The van der Waals surface area contributed by atoms with Crippen molar-refractivity contribution in [2.75, 3.05) is 5.32 Å². The number of carbonyl (C=O) groups excluding carboxylic acids is 1. The number of primary amides is 1. The summed E-state index contributed by atoms with van der Waals surface area (Å²) in [5, 5.41) is 19.1. The predicted octanol–water partition coefficient (Wildman–Crippen LogP) is -0.531. The third-order valence-electron chi connectivity index (χ3n) is 2.38. The molecule has 1 amide bonds. The van der Waals surface area contributed by atoms with Gasteiger partial charge in [-0.1, -0.05) is 5.21 Å². The molecule has 9 heteroatoms. The van der Waals surface area contributed by atoms with Gasteiger partial charge in [0.25, 0.3) is 0 Å². The Bertz CT molecular complexity index is 621.